The minimum absolute atomic E-state index is 0.114. The van der Waals surface area contributed by atoms with Gasteiger partial charge < -0.3 is 9.84 Å². The number of carbonyl (C=O) groups excluding carboxylic acids is 1. The number of rotatable bonds is 6. The molecule has 0 fully saturated rings. The van der Waals surface area contributed by atoms with E-state index in [1.807, 2.05) is 0 Å². The van der Waals surface area contributed by atoms with E-state index in [1.165, 1.54) is 0 Å². The van der Waals surface area contributed by atoms with Crippen LogP contribution >= 0.6 is 0 Å². The Morgan fingerprint density at radius 1 is 1.32 bits per heavy atom. The van der Waals surface area contributed by atoms with E-state index < -0.39 is 21.5 Å². The van der Waals surface area contributed by atoms with Gasteiger partial charge in [0.1, 0.15) is 0 Å². The van der Waals surface area contributed by atoms with Gasteiger partial charge in [-0.15, -0.1) is 0 Å². The van der Waals surface area contributed by atoms with E-state index in [0.717, 1.165) is 5.56 Å². The summed E-state index contributed by atoms with van der Waals surface area (Å²) >= 11 is 0. The summed E-state index contributed by atoms with van der Waals surface area (Å²) < 4.78 is 34.6. The number of hydrogen-bond donors (Lipinski definition) is 2. The van der Waals surface area contributed by atoms with E-state index in [2.05, 4.69) is 0 Å². The Kier molecular flexibility index (Phi) is 5.46. The van der Waals surface area contributed by atoms with Crippen LogP contribution < -0.4 is 0 Å². The summed E-state index contributed by atoms with van der Waals surface area (Å²) in [4.78, 5) is 11.4. The molecule has 7 heteroatoms. The molecule has 1 aromatic rings. The third-order valence-electron chi connectivity index (χ3n) is 2.49. The molecule has 0 spiro atoms. The quantitative estimate of drug-likeness (QED) is 0.598. The largest absolute Gasteiger partial charge is 0.462 e. The monoisotopic (exact) mass is 288 g/mol. The minimum Gasteiger partial charge on any atom is -0.462 e. The van der Waals surface area contributed by atoms with Crippen LogP contribution in [0.15, 0.2) is 24.3 Å². The molecule has 0 aromatic heterocycles. The Hall–Kier alpha value is -1.44. The van der Waals surface area contributed by atoms with Crippen molar-refractivity contribution in [2.45, 2.75) is 25.2 Å². The first kappa shape index (κ1) is 15.6. The Balaban J connectivity index is 2.60. The van der Waals surface area contributed by atoms with E-state index in [4.69, 9.17) is 14.4 Å². The zero-order chi connectivity index (χ0) is 14.5. The van der Waals surface area contributed by atoms with E-state index in [-0.39, 0.29) is 12.8 Å². The minimum atomic E-state index is -4.42. The third kappa shape index (κ3) is 4.98. The summed E-state index contributed by atoms with van der Waals surface area (Å²) in [6, 6.07) is 6.41. The van der Waals surface area contributed by atoms with Crippen LogP contribution in [0.3, 0.4) is 0 Å². The normalized spacial score (nSPS) is 13.0. The fourth-order valence-electron chi connectivity index (χ4n) is 1.46. The van der Waals surface area contributed by atoms with Crippen LogP contribution in [0.1, 0.15) is 29.3 Å². The molecule has 1 atom stereocenters. The van der Waals surface area contributed by atoms with Gasteiger partial charge in [0, 0.05) is 0 Å². The van der Waals surface area contributed by atoms with E-state index >= 15 is 0 Å². The standard InChI is InChI=1S/C12H16O6S/c1-2-18-12(14)10-6-3-9(4-7-10)5-8-11(13)19(15,16)17/h3-4,6-7,11,13H,2,5,8H2,1H3,(H,15,16,17). The average molecular weight is 288 g/mol. The fourth-order valence-corrected chi connectivity index (χ4v) is 1.88. The summed E-state index contributed by atoms with van der Waals surface area (Å²) in [6.07, 6.45) is 0.154. The Bertz CT molecular complexity index is 520. The van der Waals surface area contributed by atoms with E-state index in [1.54, 1.807) is 31.2 Å². The molecule has 0 aliphatic carbocycles. The second-order valence-electron chi connectivity index (χ2n) is 3.93. The highest BCUT2D eigenvalue weighted by Crippen LogP contribution is 2.11. The van der Waals surface area contributed by atoms with Crippen molar-refractivity contribution in [2.75, 3.05) is 6.61 Å². The lowest BCUT2D eigenvalue weighted by Gasteiger charge is -2.07. The van der Waals surface area contributed by atoms with Crippen molar-refractivity contribution < 1.29 is 27.6 Å². The molecule has 0 saturated carbocycles. The van der Waals surface area contributed by atoms with Gasteiger partial charge in [0.15, 0.2) is 5.44 Å². The van der Waals surface area contributed by atoms with Crippen LogP contribution in [0, 0.1) is 0 Å². The Morgan fingerprint density at radius 3 is 2.37 bits per heavy atom. The number of carbonyl (C=O) groups is 1. The first-order valence-corrected chi connectivity index (χ1v) is 7.25. The topological polar surface area (TPSA) is 101 Å². The molecule has 19 heavy (non-hydrogen) atoms. The summed E-state index contributed by atoms with van der Waals surface area (Å²) in [5.41, 5.74) is -0.645. The molecule has 1 rings (SSSR count). The van der Waals surface area contributed by atoms with Crippen LogP contribution in [-0.2, 0) is 21.3 Å². The molecule has 0 heterocycles. The highest BCUT2D eigenvalue weighted by Gasteiger charge is 2.18. The molecule has 106 valence electrons. The first-order chi connectivity index (χ1) is 8.84. The van der Waals surface area contributed by atoms with Crippen molar-refractivity contribution in [2.24, 2.45) is 0 Å². The van der Waals surface area contributed by atoms with Crippen LogP contribution in [0.2, 0.25) is 0 Å². The van der Waals surface area contributed by atoms with Gasteiger partial charge in [0.25, 0.3) is 10.1 Å². The maximum absolute atomic E-state index is 11.4. The molecule has 0 aliphatic rings. The summed E-state index contributed by atoms with van der Waals surface area (Å²) in [7, 11) is -4.42. The Labute approximate surface area is 111 Å². The first-order valence-electron chi connectivity index (χ1n) is 5.75. The van der Waals surface area contributed by atoms with Gasteiger partial charge in [-0.2, -0.15) is 8.42 Å². The number of ether oxygens (including phenoxy) is 1. The third-order valence-corrected chi connectivity index (χ3v) is 3.41. The van der Waals surface area contributed by atoms with Gasteiger partial charge >= 0.3 is 5.97 Å². The number of aliphatic hydroxyl groups is 1. The Morgan fingerprint density at radius 2 is 1.89 bits per heavy atom. The van der Waals surface area contributed by atoms with Gasteiger partial charge in [-0.1, -0.05) is 12.1 Å². The molecular formula is C12H16O6S. The second kappa shape index (κ2) is 6.65. The SMILES string of the molecule is CCOC(=O)c1ccc(CCC(O)S(=O)(=O)O)cc1. The smallest absolute Gasteiger partial charge is 0.338 e. The van der Waals surface area contributed by atoms with Crippen LogP contribution in [0.4, 0.5) is 0 Å². The van der Waals surface area contributed by atoms with Crippen LogP contribution in [0.25, 0.3) is 0 Å². The number of hydrogen-bond acceptors (Lipinski definition) is 5. The molecule has 2 N–H and O–H groups in total. The molecule has 0 amide bonds. The van der Waals surface area contributed by atoms with Gasteiger partial charge in [0.2, 0.25) is 0 Å². The predicted octanol–water partition coefficient (Wildman–Crippen LogP) is 1.00. The van der Waals surface area contributed by atoms with Gasteiger partial charge in [-0.25, -0.2) is 4.79 Å². The van der Waals surface area contributed by atoms with Crippen molar-refractivity contribution in [3.05, 3.63) is 35.4 Å². The predicted molar refractivity (Wildman–Crippen MR) is 68.3 cm³/mol. The highest BCUT2D eigenvalue weighted by molar-refractivity contribution is 7.86. The number of esters is 1. The van der Waals surface area contributed by atoms with Crippen molar-refractivity contribution in [1.29, 1.82) is 0 Å². The van der Waals surface area contributed by atoms with Gasteiger partial charge in [0.05, 0.1) is 12.2 Å². The fraction of sp³-hybridized carbons (Fsp3) is 0.417. The number of aliphatic hydroxyl groups excluding tert-OH is 1. The molecule has 6 nitrogen and oxygen atoms in total. The lowest BCUT2D eigenvalue weighted by atomic mass is 10.1. The van der Waals surface area contributed by atoms with Crippen LogP contribution in [-0.4, -0.2) is 36.1 Å². The zero-order valence-corrected chi connectivity index (χ0v) is 11.3. The molecule has 0 saturated heterocycles. The lowest BCUT2D eigenvalue weighted by Crippen LogP contribution is -2.20. The van der Waals surface area contributed by atoms with Crippen molar-refractivity contribution >= 4 is 16.1 Å². The van der Waals surface area contributed by atoms with Crippen molar-refractivity contribution in [3.63, 3.8) is 0 Å². The highest BCUT2D eigenvalue weighted by atomic mass is 32.2. The molecule has 1 unspecified atom stereocenters. The van der Waals surface area contributed by atoms with Crippen molar-refractivity contribution in [1.82, 2.24) is 0 Å². The summed E-state index contributed by atoms with van der Waals surface area (Å²) in [5.74, 6) is -0.424. The maximum Gasteiger partial charge on any atom is 0.338 e. The summed E-state index contributed by atoms with van der Waals surface area (Å²) in [6.45, 7) is 2.00. The van der Waals surface area contributed by atoms with E-state index in [9.17, 15) is 13.2 Å². The maximum atomic E-state index is 11.4. The second-order valence-corrected chi connectivity index (χ2v) is 5.50. The number of aryl methyl sites for hydroxylation is 1. The van der Waals surface area contributed by atoms with Crippen LogP contribution in [0.5, 0.6) is 0 Å². The van der Waals surface area contributed by atoms with Crippen molar-refractivity contribution in [3.8, 4) is 0 Å². The van der Waals surface area contributed by atoms with E-state index in [0.29, 0.717) is 12.2 Å². The molecule has 1 aromatic carbocycles. The molecule has 0 radical (unpaired) electrons. The van der Waals surface area contributed by atoms with Gasteiger partial charge in [-0.05, 0) is 37.5 Å². The zero-order valence-electron chi connectivity index (χ0n) is 10.4. The molecule has 0 bridgehead atoms. The number of benzene rings is 1. The molecule has 0 aliphatic heterocycles. The summed E-state index contributed by atoms with van der Waals surface area (Å²) in [5, 5.41) is 9.15. The lowest BCUT2D eigenvalue weighted by molar-refractivity contribution is 0.0526. The molecular weight excluding hydrogens is 272 g/mol. The van der Waals surface area contributed by atoms with Gasteiger partial charge in [-0.3, -0.25) is 4.55 Å². The average Bonchev–Trinajstić information content (AvgIpc) is 2.35.